The van der Waals surface area contributed by atoms with Gasteiger partial charge in [-0.15, -0.1) is 0 Å². The third-order valence-electron chi connectivity index (χ3n) is 3.45. The minimum atomic E-state index is -0.0894. The topological polar surface area (TPSA) is 26.3 Å². The quantitative estimate of drug-likeness (QED) is 0.373. The molecule has 0 saturated heterocycles. The minimum Gasteiger partial charge on any atom is -0.462 e. The van der Waals surface area contributed by atoms with Gasteiger partial charge in [0.2, 0.25) is 0 Å². The normalized spacial score (nSPS) is 17.7. The van der Waals surface area contributed by atoms with E-state index in [1.807, 2.05) is 0 Å². The third-order valence-corrected chi connectivity index (χ3v) is 3.45. The second-order valence-corrected chi connectivity index (χ2v) is 5.10. The van der Waals surface area contributed by atoms with Crippen molar-refractivity contribution in [3.63, 3.8) is 0 Å². The molecule has 0 aliphatic heterocycles. The number of carbonyl (C=O) groups excluding carboxylic acids is 1. The van der Waals surface area contributed by atoms with Crippen LogP contribution in [0.5, 0.6) is 0 Å². The van der Waals surface area contributed by atoms with Crippen LogP contribution in [0.4, 0.5) is 0 Å². The highest BCUT2D eigenvalue weighted by Gasteiger charge is 2.16. The Kier molecular flexibility index (Phi) is 8.12. The zero-order valence-corrected chi connectivity index (χ0v) is 11.2. The molecule has 1 rings (SSSR count). The Hall–Kier alpha value is -0.530. The van der Waals surface area contributed by atoms with Gasteiger partial charge in [0.25, 0.3) is 0 Å². The fourth-order valence-corrected chi connectivity index (χ4v) is 2.36. The van der Waals surface area contributed by atoms with Crippen LogP contribution < -0.4 is 0 Å². The van der Waals surface area contributed by atoms with Crippen molar-refractivity contribution < 1.29 is 9.53 Å². The molecule has 1 fully saturated rings. The summed E-state index contributed by atoms with van der Waals surface area (Å²) in [6.07, 6.45) is 14.8. The Morgan fingerprint density at radius 1 is 1.12 bits per heavy atom. The fraction of sp³-hybridized carbons (Fsp3) is 0.867. The molecule has 1 aliphatic rings. The number of esters is 1. The van der Waals surface area contributed by atoms with Gasteiger partial charge in [0, 0.05) is 0 Å². The fourth-order valence-electron chi connectivity index (χ4n) is 2.36. The van der Waals surface area contributed by atoms with Gasteiger partial charge in [0.05, 0.1) is 6.42 Å². The maximum Gasteiger partial charge on any atom is 0.310 e. The molecule has 17 heavy (non-hydrogen) atoms. The van der Waals surface area contributed by atoms with E-state index < -0.39 is 0 Å². The highest BCUT2D eigenvalue weighted by molar-refractivity contribution is 5.78. The molecule has 0 aromatic carbocycles. The maximum atomic E-state index is 11.6. The van der Waals surface area contributed by atoms with Gasteiger partial charge in [0.15, 0.2) is 0 Å². The lowest BCUT2D eigenvalue weighted by Gasteiger charge is -2.15. The molecule has 0 unspecified atom stereocenters. The Morgan fingerprint density at radius 2 is 1.82 bits per heavy atom. The predicted octanol–water partition coefficient (Wildman–Crippen LogP) is 4.43. The molecule has 1 radical (unpaired) electrons. The molecule has 0 atom stereocenters. The average Bonchev–Trinajstić information content (AvgIpc) is 2.57. The average molecular weight is 239 g/mol. The molecule has 99 valence electrons. The van der Waals surface area contributed by atoms with Crippen molar-refractivity contribution in [2.45, 2.75) is 83.7 Å². The lowest BCUT2D eigenvalue weighted by molar-refractivity contribution is -0.145. The Labute approximate surface area is 106 Å². The van der Waals surface area contributed by atoms with Crippen LogP contribution in [0, 0.1) is 6.42 Å². The van der Waals surface area contributed by atoms with Gasteiger partial charge in [-0.25, -0.2) is 0 Å². The number of carbonyl (C=O) groups is 1. The lowest BCUT2D eigenvalue weighted by Crippen LogP contribution is -2.17. The summed E-state index contributed by atoms with van der Waals surface area (Å²) in [5.41, 5.74) is 0. The summed E-state index contributed by atoms with van der Waals surface area (Å²) in [6, 6.07) is 0. The van der Waals surface area contributed by atoms with E-state index in [-0.39, 0.29) is 12.1 Å². The lowest BCUT2D eigenvalue weighted by atomic mass is 10.1. The first-order valence-electron chi connectivity index (χ1n) is 7.36. The highest BCUT2D eigenvalue weighted by atomic mass is 16.5. The van der Waals surface area contributed by atoms with Gasteiger partial charge in [-0.2, -0.15) is 0 Å². The summed E-state index contributed by atoms with van der Waals surface area (Å²) in [6.45, 7) is 2.20. The number of rotatable bonds is 7. The first-order valence-corrected chi connectivity index (χ1v) is 7.36. The van der Waals surface area contributed by atoms with E-state index in [0.29, 0.717) is 0 Å². The molecule has 0 aromatic rings. The van der Waals surface area contributed by atoms with E-state index in [1.165, 1.54) is 44.9 Å². The van der Waals surface area contributed by atoms with E-state index >= 15 is 0 Å². The highest BCUT2D eigenvalue weighted by Crippen LogP contribution is 2.20. The summed E-state index contributed by atoms with van der Waals surface area (Å²) in [5, 5.41) is 0. The van der Waals surface area contributed by atoms with E-state index in [0.717, 1.165) is 25.7 Å². The molecule has 2 heteroatoms. The summed E-state index contributed by atoms with van der Waals surface area (Å²) >= 11 is 0. The Bertz CT molecular complexity index is 193. The zero-order valence-electron chi connectivity index (χ0n) is 11.2. The monoisotopic (exact) mass is 239 g/mol. The molecular weight excluding hydrogens is 212 g/mol. The van der Waals surface area contributed by atoms with Crippen LogP contribution in [0.3, 0.4) is 0 Å². The van der Waals surface area contributed by atoms with Crippen molar-refractivity contribution in [1.29, 1.82) is 0 Å². The molecule has 0 bridgehead atoms. The van der Waals surface area contributed by atoms with Crippen LogP contribution in [-0.2, 0) is 9.53 Å². The maximum absolute atomic E-state index is 11.6. The van der Waals surface area contributed by atoms with Gasteiger partial charge in [-0.3, -0.25) is 4.79 Å². The van der Waals surface area contributed by atoms with Crippen LogP contribution in [0.2, 0.25) is 0 Å². The van der Waals surface area contributed by atoms with Crippen molar-refractivity contribution in [3.05, 3.63) is 6.42 Å². The third kappa shape index (κ3) is 7.40. The molecule has 0 aromatic heterocycles. The van der Waals surface area contributed by atoms with Gasteiger partial charge in [-0.05, 0) is 32.1 Å². The molecule has 0 spiro atoms. The van der Waals surface area contributed by atoms with Crippen molar-refractivity contribution in [1.82, 2.24) is 0 Å². The number of unbranched alkanes of at least 4 members (excludes halogenated alkanes) is 4. The van der Waals surface area contributed by atoms with E-state index in [9.17, 15) is 4.79 Å². The molecule has 0 heterocycles. The van der Waals surface area contributed by atoms with Gasteiger partial charge in [0.1, 0.15) is 6.10 Å². The molecule has 1 saturated carbocycles. The van der Waals surface area contributed by atoms with Crippen LogP contribution >= 0.6 is 0 Å². The first kappa shape index (κ1) is 14.5. The standard InChI is InChI=1S/C15H27O2/c1-2-3-4-5-10-13-15(16)17-14-11-8-6-7-9-12-14/h13-14H,2-12H2,1H3. The number of ether oxygens (including phenoxy) is 1. The van der Waals surface area contributed by atoms with Crippen LogP contribution in [0.25, 0.3) is 0 Å². The molecule has 2 nitrogen and oxygen atoms in total. The Morgan fingerprint density at radius 3 is 2.47 bits per heavy atom. The second kappa shape index (κ2) is 9.49. The van der Waals surface area contributed by atoms with Gasteiger partial charge in [-0.1, -0.05) is 45.4 Å². The summed E-state index contributed by atoms with van der Waals surface area (Å²) in [7, 11) is 0. The van der Waals surface area contributed by atoms with Gasteiger partial charge < -0.3 is 4.74 Å². The largest absolute Gasteiger partial charge is 0.462 e. The summed E-state index contributed by atoms with van der Waals surface area (Å²) < 4.78 is 5.48. The minimum absolute atomic E-state index is 0.0894. The number of hydrogen-bond acceptors (Lipinski definition) is 2. The van der Waals surface area contributed by atoms with Crippen molar-refractivity contribution in [2.24, 2.45) is 0 Å². The van der Waals surface area contributed by atoms with Gasteiger partial charge >= 0.3 is 5.97 Å². The van der Waals surface area contributed by atoms with E-state index in [4.69, 9.17) is 4.74 Å². The first-order chi connectivity index (χ1) is 8.33. The van der Waals surface area contributed by atoms with Crippen molar-refractivity contribution in [2.75, 3.05) is 0 Å². The van der Waals surface area contributed by atoms with Crippen LogP contribution in [0.15, 0.2) is 0 Å². The smallest absolute Gasteiger partial charge is 0.310 e. The molecule has 0 N–H and O–H groups in total. The van der Waals surface area contributed by atoms with Crippen molar-refractivity contribution in [3.8, 4) is 0 Å². The van der Waals surface area contributed by atoms with Crippen molar-refractivity contribution >= 4 is 5.97 Å². The summed E-state index contributed by atoms with van der Waals surface area (Å²) in [5.74, 6) is -0.0894. The van der Waals surface area contributed by atoms with E-state index in [1.54, 1.807) is 6.42 Å². The zero-order chi connectivity index (χ0) is 12.3. The molecule has 0 amide bonds. The predicted molar refractivity (Wildman–Crippen MR) is 70.6 cm³/mol. The van der Waals surface area contributed by atoms with E-state index in [2.05, 4.69) is 6.92 Å². The Balaban J connectivity index is 2.03. The number of hydrogen-bond donors (Lipinski definition) is 0. The van der Waals surface area contributed by atoms with Crippen LogP contribution in [-0.4, -0.2) is 12.1 Å². The molecule has 1 aliphatic carbocycles. The SMILES string of the molecule is CCCCCC[CH]C(=O)OC1CCCCCC1. The van der Waals surface area contributed by atoms with Crippen LogP contribution in [0.1, 0.15) is 77.6 Å². The molecular formula is C15H27O2. The second-order valence-electron chi connectivity index (χ2n) is 5.10. The summed E-state index contributed by atoms with van der Waals surface area (Å²) in [4.78, 5) is 11.6.